The second-order valence-electron chi connectivity index (χ2n) is 6.62. The highest BCUT2D eigenvalue weighted by Crippen LogP contribution is 2.48. The van der Waals surface area contributed by atoms with Crippen molar-refractivity contribution >= 4 is 16.8 Å². The molecule has 1 amide bonds. The van der Waals surface area contributed by atoms with Crippen LogP contribution >= 0.6 is 0 Å². The average molecular weight is 284 g/mol. The van der Waals surface area contributed by atoms with Crippen LogP contribution in [0.25, 0.3) is 10.9 Å². The Morgan fingerprint density at radius 3 is 2.57 bits per heavy atom. The largest absolute Gasteiger partial charge is 0.338 e. The highest BCUT2D eigenvalue weighted by molar-refractivity contribution is 6.00. The standard InChI is InChI=1S/C17H20N2O2/c1-10-11-7-5-6-8-12(11)18-15(20)14(10)16(21)19(4)13-9-17(13,2)3/h5-8,13H,9H2,1-4H3,(H,18,20). The Labute approximate surface area is 123 Å². The van der Waals surface area contributed by atoms with Crippen LogP contribution in [0.4, 0.5) is 0 Å². The summed E-state index contributed by atoms with van der Waals surface area (Å²) in [6, 6.07) is 7.79. The molecule has 1 aliphatic rings. The molecule has 1 aromatic carbocycles. The fourth-order valence-corrected chi connectivity index (χ4v) is 3.08. The van der Waals surface area contributed by atoms with E-state index in [9.17, 15) is 9.59 Å². The number of aromatic nitrogens is 1. The number of hydrogen-bond acceptors (Lipinski definition) is 2. The monoisotopic (exact) mass is 284 g/mol. The third kappa shape index (κ3) is 2.15. The summed E-state index contributed by atoms with van der Waals surface area (Å²) in [5.74, 6) is -0.185. The smallest absolute Gasteiger partial charge is 0.261 e. The van der Waals surface area contributed by atoms with Crippen LogP contribution in [0, 0.1) is 12.3 Å². The van der Waals surface area contributed by atoms with Crippen molar-refractivity contribution in [3.05, 3.63) is 45.7 Å². The van der Waals surface area contributed by atoms with Gasteiger partial charge in [0.2, 0.25) is 0 Å². The summed E-state index contributed by atoms with van der Waals surface area (Å²) in [4.78, 5) is 29.5. The first-order valence-electron chi connectivity index (χ1n) is 7.22. The number of nitrogens with zero attached hydrogens (tertiary/aromatic N) is 1. The molecule has 21 heavy (non-hydrogen) atoms. The molecule has 0 aliphatic heterocycles. The minimum Gasteiger partial charge on any atom is -0.338 e. The predicted octanol–water partition coefficient (Wildman–Crippen LogP) is 2.71. The molecule has 1 N–H and O–H groups in total. The van der Waals surface area contributed by atoms with Crippen molar-refractivity contribution in [2.75, 3.05) is 7.05 Å². The van der Waals surface area contributed by atoms with Crippen molar-refractivity contribution in [3.63, 3.8) is 0 Å². The number of nitrogens with one attached hydrogen (secondary N) is 1. The molecule has 0 spiro atoms. The zero-order chi connectivity index (χ0) is 15.4. The van der Waals surface area contributed by atoms with Crippen LogP contribution < -0.4 is 5.56 Å². The van der Waals surface area contributed by atoms with E-state index >= 15 is 0 Å². The molecule has 4 nitrogen and oxygen atoms in total. The van der Waals surface area contributed by atoms with Crippen LogP contribution in [0.1, 0.15) is 36.2 Å². The highest BCUT2D eigenvalue weighted by atomic mass is 16.2. The van der Waals surface area contributed by atoms with Gasteiger partial charge in [0.1, 0.15) is 5.56 Å². The van der Waals surface area contributed by atoms with Gasteiger partial charge >= 0.3 is 0 Å². The first-order valence-corrected chi connectivity index (χ1v) is 7.22. The zero-order valence-corrected chi connectivity index (χ0v) is 12.9. The van der Waals surface area contributed by atoms with E-state index in [-0.39, 0.29) is 28.5 Å². The number of amides is 1. The lowest BCUT2D eigenvalue weighted by atomic mass is 10.0. The van der Waals surface area contributed by atoms with Crippen molar-refractivity contribution in [2.45, 2.75) is 33.2 Å². The SMILES string of the molecule is Cc1c(C(=O)N(C)C2CC2(C)C)c(=O)[nH]c2ccccc12. The topological polar surface area (TPSA) is 53.2 Å². The zero-order valence-electron chi connectivity index (χ0n) is 12.9. The molecule has 0 radical (unpaired) electrons. The second kappa shape index (κ2) is 4.45. The van der Waals surface area contributed by atoms with Gasteiger partial charge in [0.15, 0.2) is 0 Å². The van der Waals surface area contributed by atoms with Crippen molar-refractivity contribution in [2.24, 2.45) is 5.41 Å². The van der Waals surface area contributed by atoms with E-state index in [0.717, 1.165) is 22.9 Å². The van der Waals surface area contributed by atoms with Gasteiger partial charge in [-0.15, -0.1) is 0 Å². The number of fused-ring (bicyclic) bond motifs is 1. The summed E-state index contributed by atoms with van der Waals surface area (Å²) >= 11 is 0. The molecule has 1 unspecified atom stereocenters. The first-order chi connectivity index (χ1) is 9.83. The second-order valence-corrected chi connectivity index (χ2v) is 6.62. The number of para-hydroxylation sites is 1. The van der Waals surface area contributed by atoms with Crippen LogP contribution in [0.3, 0.4) is 0 Å². The molecule has 1 aliphatic carbocycles. The van der Waals surface area contributed by atoms with Gasteiger partial charge < -0.3 is 9.88 Å². The minimum atomic E-state index is -0.304. The lowest BCUT2D eigenvalue weighted by Crippen LogP contribution is -2.35. The quantitative estimate of drug-likeness (QED) is 0.922. The Balaban J connectivity index is 2.08. The van der Waals surface area contributed by atoms with Gasteiger partial charge in [-0.3, -0.25) is 9.59 Å². The van der Waals surface area contributed by atoms with Crippen molar-refractivity contribution in [1.29, 1.82) is 0 Å². The average Bonchev–Trinajstić information content (AvgIpc) is 3.06. The Morgan fingerprint density at radius 2 is 1.95 bits per heavy atom. The van der Waals surface area contributed by atoms with Crippen LogP contribution in [0.2, 0.25) is 0 Å². The minimum absolute atomic E-state index is 0.155. The number of H-pyrrole nitrogens is 1. The van der Waals surface area contributed by atoms with Crippen molar-refractivity contribution in [1.82, 2.24) is 9.88 Å². The summed E-state index contributed by atoms with van der Waals surface area (Å²) in [6.45, 7) is 6.12. The molecule has 1 heterocycles. The Morgan fingerprint density at radius 1 is 1.33 bits per heavy atom. The van der Waals surface area contributed by atoms with Crippen LogP contribution in [0.15, 0.2) is 29.1 Å². The summed E-state index contributed by atoms with van der Waals surface area (Å²) in [5.41, 5.74) is 1.64. The van der Waals surface area contributed by atoms with E-state index in [0.29, 0.717) is 0 Å². The Hall–Kier alpha value is -2.10. The molecule has 2 aromatic rings. The maximum Gasteiger partial charge on any atom is 0.261 e. The van der Waals surface area contributed by atoms with E-state index in [2.05, 4.69) is 18.8 Å². The molecule has 0 saturated heterocycles. The third-order valence-electron chi connectivity index (χ3n) is 4.64. The fourth-order valence-electron chi connectivity index (χ4n) is 3.08. The number of carbonyl (C=O) groups is 1. The maximum absolute atomic E-state index is 12.7. The molecule has 1 aromatic heterocycles. The fraction of sp³-hybridized carbons (Fsp3) is 0.412. The molecule has 0 bridgehead atoms. The number of aromatic amines is 1. The highest BCUT2D eigenvalue weighted by Gasteiger charge is 2.50. The Kier molecular flexibility index (Phi) is 2.94. The van der Waals surface area contributed by atoms with Gasteiger partial charge in [-0.25, -0.2) is 0 Å². The molecular weight excluding hydrogens is 264 g/mol. The summed E-state index contributed by atoms with van der Waals surface area (Å²) in [6.07, 6.45) is 0.986. The van der Waals surface area contributed by atoms with Gasteiger partial charge in [-0.1, -0.05) is 32.0 Å². The van der Waals surface area contributed by atoms with E-state index in [1.54, 1.807) is 11.9 Å². The normalized spacial score (nSPS) is 19.5. The Bertz CT molecular complexity index is 789. The van der Waals surface area contributed by atoms with Gasteiger partial charge in [-0.05, 0) is 30.4 Å². The van der Waals surface area contributed by atoms with Crippen LogP contribution in [0.5, 0.6) is 0 Å². The summed E-state index contributed by atoms with van der Waals surface area (Å²) in [5, 5.41) is 0.920. The van der Waals surface area contributed by atoms with Gasteiger partial charge in [-0.2, -0.15) is 0 Å². The van der Waals surface area contributed by atoms with Crippen LogP contribution in [-0.2, 0) is 0 Å². The van der Waals surface area contributed by atoms with Crippen molar-refractivity contribution in [3.8, 4) is 0 Å². The number of hydrogen-bond donors (Lipinski definition) is 1. The van der Waals surface area contributed by atoms with Gasteiger partial charge in [0.05, 0.1) is 0 Å². The molecule has 4 heteroatoms. The number of carbonyl (C=O) groups excluding carboxylic acids is 1. The maximum atomic E-state index is 12.7. The van der Waals surface area contributed by atoms with Gasteiger partial charge in [0, 0.05) is 24.0 Å². The molecular formula is C17H20N2O2. The molecule has 1 fully saturated rings. The first kappa shape index (κ1) is 13.9. The molecule has 110 valence electrons. The third-order valence-corrected chi connectivity index (χ3v) is 4.64. The number of pyridine rings is 1. The molecule has 3 rings (SSSR count). The number of benzene rings is 1. The molecule has 1 saturated carbocycles. The van der Waals surface area contributed by atoms with E-state index < -0.39 is 0 Å². The summed E-state index contributed by atoms with van der Waals surface area (Å²) in [7, 11) is 1.79. The van der Waals surface area contributed by atoms with E-state index in [1.165, 1.54) is 0 Å². The lowest BCUT2D eigenvalue weighted by Gasteiger charge is -2.20. The molecule has 1 atom stereocenters. The predicted molar refractivity (Wildman–Crippen MR) is 83.6 cm³/mol. The number of rotatable bonds is 2. The number of aryl methyl sites for hydroxylation is 1. The van der Waals surface area contributed by atoms with E-state index in [1.807, 2.05) is 31.2 Å². The van der Waals surface area contributed by atoms with Crippen molar-refractivity contribution < 1.29 is 4.79 Å². The van der Waals surface area contributed by atoms with Crippen LogP contribution in [-0.4, -0.2) is 28.9 Å². The lowest BCUT2D eigenvalue weighted by molar-refractivity contribution is 0.0766. The van der Waals surface area contributed by atoms with Gasteiger partial charge in [0.25, 0.3) is 11.5 Å². The summed E-state index contributed by atoms with van der Waals surface area (Å²) < 4.78 is 0. The van der Waals surface area contributed by atoms with E-state index in [4.69, 9.17) is 0 Å².